The normalized spacial score (nSPS) is 15.6. The molecule has 0 aliphatic heterocycles. The summed E-state index contributed by atoms with van der Waals surface area (Å²) in [6.07, 6.45) is 0.0229. The molecule has 0 bridgehead atoms. The highest BCUT2D eigenvalue weighted by molar-refractivity contribution is 5.73. The number of aliphatic hydroxyl groups excluding tert-OH is 2. The summed E-state index contributed by atoms with van der Waals surface area (Å²) < 4.78 is 0. The minimum absolute atomic E-state index is 0.384. The van der Waals surface area contributed by atoms with Crippen molar-refractivity contribution in [1.29, 1.82) is 0 Å². The summed E-state index contributed by atoms with van der Waals surface area (Å²) in [5.74, 6) is -1.08. The van der Waals surface area contributed by atoms with Gasteiger partial charge in [0.25, 0.3) is 0 Å². The first-order valence-electron chi connectivity index (χ1n) is 3.83. The number of aliphatic carboxylic acids is 1. The third-order valence-corrected chi connectivity index (χ3v) is 1.43. The van der Waals surface area contributed by atoms with Gasteiger partial charge in [-0.15, -0.1) is 0 Å². The van der Waals surface area contributed by atoms with E-state index < -0.39 is 24.7 Å². The minimum Gasteiger partial charge on any atom is -0.480 e. The molecule has 12 heavy (non-hydrogen) atoms. The highest BCUT2D eigenvalue weighted by Crippen LogP contribution is 1.88. The van der Waals surface area contributed by atoms with E-state index in [2.05, 4.69) is 5.32 Å². The summed E-state index contributed by atoms with van der Waals surface area (Å²) in [7, 11) is 0. The van der Waals surface area contributed by atoms with E-state index in [-0.39, 0.29) is 0 Å². The van der Waals surface area contributed by atoms with E-state index in [1.54, 1.807) is 6.92 Å². The molecule has 0 aliphatic carbocycles. The van der Waals surface area contributed by atoms with Crippen LogP contribution in [0.1, 0.15) is 13.3 Å². The van der Waals surface area contributed by atoms with E-state index in [0.717, 1.165) is 0 Å². The molecule has 0 aliphatic rings. The van der Waals surface area contributed by atoms with Gasteiger partial charge in [-0.3, -0.25) is 4.79 Å². The fourth-order valence-electron chi connectivity index (χ4n) is 0.696. The van der Waals surface area contributed by atoms with Crippen LogP contribution in [0.5, 0.6) is 0 Å². The number of hydrogen-bond acceptors (Lipinski definition) is 4. The van der Waals surface area contributed by atoms with Gasteiger partial charge < -0.3 is 20.6 Å². The molecule has 0 radical (unpaired) electrons. The molecule has 0 unspecified atom stereocenters. The van der Waals surface area contributed by atoms with Gasteiger partial charge in [-0.05, 0) is 19.9 Å². The summed E-state index contributed by atoms with van der Waals surface area (Å²) in [4.78, 5) is 10.3. The maximum Gasteiger partial charge on any atom is 0.323 e. The van der Waals surface area contributed by atoms with Crippen LogP contribution in [0.25, 0.3) is 0 Å². The number of carboxylic acid groups (broad SMARTS) is 1. The number of hydrogen-bond donors (Lipinski definition) is 4. The largest absolute Gasteiger partial charge is 0.480 e. The van der Waals surface area contributed by atoms with Crippen molar-refractivity contribution in [3.63, 3.8) is 0 Å². The van der Waals surface area contributed by atoms with E-state index in [1.807, 2.05) is 0 Å². The van der Waals surface area contributed by atoms with Gasteiger partial charge in [0.15, 0.2) is 0 Å². The van der Waals surface area contributed by atoms with Crippen molar-refractivity contribution in [3.05, 3.63) is 0 Å². The van der Waals surface area contributed by atoms with Gasteiger partial charge in [0, 0.05) is 0 Å². The topological polar surface area (TPSA) is 89.8 Å². The Bertz CT molecular complexity index is 137. The molecule has 5 nitrogen and oxygen atoms in total. The molecule has 0 fully saturated rings. The smallest absolute Gasteiger partial charge is 0.323 e. The number of carbonyl (C=O) groups is 1. The fourth-order valence-corrected chi connectivity index (χ4v) is 0.696. The summed E-state index contributed by atoms with van der Waals surface area (Å²) in [5.41, 5.74) is 0. The Kier molecular flexibility index (Phi) is 5.61. The van der Waals surface area contributed by atoms with Crippen LogP contribution in [0.2, 0.25) is 0 Å². The quantitative estimate of drug-likeness (QED) is 0.409. The molecule has 0 aromatic rings. The van der Waals surface area contributed by atoms with Crippen LogP contribution < -0.4 is 5.32 Å². The van der Waals surface area contributed by atoms with Gasteiger partial charge >= 0.3 is 5.97 Å². The maximum atomic E-state index is 10.3. The van der Waals surface area contributed by atoms with Crippen LogP contribution in [-0.4, -0.2) is 46.6 Å². The second-order valence-corrected chi connectivity index (χ2v) is 2.67. The summed E-state index contributed by atoms with van der Waals surface area (Å²) in [6, 6.07) is -0.927. The Morgan fingerprint density at radius 3 is 2.50 bits per heavy atom. The van der Waals surface area contributed by atoms with Crippen LogP contribution in [0, 0.1) is 0 Å². The van der Waals surface area contributed by atoms with E-state index >= 15 is 0 Å². The number of nitrogens with one attached hydrogen (secondary N) is 1. The molecule has 5 heteroatoms. The number of aliphatic hydroxyl groups is 2. The van der Waals surface area contributed by atoms with Gasteiger partial charge in [0.2, 0.25) is 0 Å². The molecule has 0 rings (SSSR count). The van der Waals surface area contributed by atoms with Crippen molar-refractivity contribution in [1.82, 2.24) is 5.32 Å². The van der Waals surface area contributed by atoms with Gasteiger partial charge in [-0.1, -0.05) is 0 Å². The summed E-state index contributed by atoms with van der Waals surface area (Å²) in [6.45, 7) is 1.57. The van der Waals surface area contributed by atoms with Crippen LogP contribution in [0.4, 0.5) is 0 Å². The summed E-state index contributed by atoms with van der Waals surface area (Å²) >= 11 is 0. The average Bonchev–Trinajstić information content (AvgIpc) is 1.96. The number of carboxylic acids is 1. The summed E-state index contributed by atoms with van der Waals surface area (Å²) in [5, 5.41) is 28.4. The predicted molar refractivity (Wildman–Crippen MR) is 42.8 cm³/mol. The van der Waals surface area contributed by atoms with Crippen LogP contribution >= 0.6 is 0 Å². The molecule has 0 aromatic carbocycles. The lowest BCUT2D eigenvalue weighted by molar-refractivity contribution is -0.140. The van der Waals surface area contributed by atoms with Crippen LogP contribution in [-0.2, 0) is 4.79 Å². The lowest BCUT2D eigenvalue weighted by Gasteiger charge is -2.11. The van der Waals surface area contributed by atoms with E-state index in [0.29, 0.717) is 13.0 Å². The first kappa shape index (κ1) is 11.4. The SMILES string of the molecule is C[C@H](O)CCN[C@@H](CO)C(=O)O. The van der Waals surface area contributed by atoms with Crippen LogP contribution in [0.15, 0.2) is 0 Å². The van der Waals surface area contributed by atoms with Crippen molar-refractivity contribution in [2.45, 2.75) is 25.5 Å². The average molecular weight is 177 g/mol. The van der Waals surface area contributed by atoms with E-state index in [4.69, 9.17) is 15.3 Å². The molecular weight excluding hydrogens is 162 g/mol. The molecule has 0 saturated heterocycles. The third kappa shape index (κ3) is 5.06. The van der Waals surface area contributed by atoms with Crippen molar-refractivity contribution >= 4 is 5.97 Å². The minimum atomic E-state index is -1.08. The predicted octanol–water partition coefficient (Wildman–Crippen LogP) is -1.21. The fraction of sp³-hybridized carbons (Fsp3) is 0.857. The molecule has 0 saturated carbocycles. The monoisotopic (exact) mass is 177 g/mol. The van der Waals surface area contributed by atoms with E-state index in [1.165, 1.54) is 0 Å². The number of rotatable bonds is 6. The lowest BCUT2D eigenvalue weighted by Crippen LogP contribution is -2.40. The first-order valence-corrected chi connectivity index (χ1v) is 3.83. The zero-order valence-electron chi connectivity index (χ0n) is 7.03. The third-order valence-electron chi connectivity index (χ3n) is 1.43. The van der Waals surface area contributed by atoms with Crippen molar-refractivity contribution in [2.75, 3.05) is 13.2 Å². The molecule has 0 aromatic heterocycles. The van der Waals surface area contributed by atoms with E-state index in [9.17, 15) is 4.79 Å². The van der Waals surface area contributed by atoms with Crippen molar-refractivity contribution in [2.24, 2.45) is 0 Å². The Balaban J connectivity index is 3.52. The molecule has 0 amide bonds. The molecule has 0 spiro atoms. The van der Waals surface area contributed by atoms with Crippen molar-refractivity contribution < 1.29 is 20.1 Å². The molecule has 2 atom stereocenters. The highest BCUT2D eigenvalue weighted by Gasteiger charge is 2.14. The van der Waals surface area contributed by atoms with Gasteiger partial charge in [-0.25, -0.2) is 0 Å². The van der Waals surface area contributed by atoms with Crippen molar-refractivity contribution in [3.8, 4) is 0 Å². The van der Waals surface area contributed by atoms with Gasteiger partial charge in [0.1, 0.15) is 6.04 Å². The Morgan fingerprint density at radius 1 is 1.58 bits per heavy atom. The second kappa shape index (κ2) is 5.93. The Morgan fingerprint density at radius 2 is 2.17 bits per heavy atom. The Labute approximate surface area is 71.0 Å². The van der Waals surface area contributed by atoms with Gasteiger partial charge in [0.05, 0.1) is 12.7 Å². The zero-order valence-corrected chi connectivity index (χ0v) is 7.03. The maximum absolute atomic E-state index is 10.3. The zero-order chi connectivity index (χ0) is 9.56. The molecule has 72 valence electrons. The second-order valence-electron chi connectivity index (χ2n) is 2.67. The molecule has 0 heterocycles. The highest BCUT2D eigenvalue weighted by atomic mass is 16.4. The van der Waals surface area contributed by atoms with Gasteiger partial charge in [-0.2, -0.15) is 0 Å². The first-order chi connectivity index (χ1) is 5.57. The lowest BCUT2D eigenvalue weighted by atomic mass is 10.2. The molecule has 4 N–H and O–H groups in total. The molecular formula is C7H15NO4. The standard InChI is InChI=1S/C7H15NO4/c1-5(10)2-3-8-6(4-9)7(11)12/h5-6,8-10H,2-4H2,1H3,(H,11,12)/t5-,6-/m0/s1. The van der Waals surface area contributed by atoms with Crippen LogP contribution in [0.3, 0.4) is 0 Å². The Hall–Kier alpha value is -0.650.